The van der Waals surface area contributed by atoms with Crippen molar-refractivity contribution in [3.63, 3.8) is 0 Å². The van der Waals surface area contributed by atoms with Gasteiger partial charge < -0.3 is 71.5 Å². The Morgan fingerprint density at radius 2 is 0.792 bits per heavy atom. The van der Waals surface area contributed by atoms with Crippen molar-refractivity contribution in [1.82, 2.24) is 29.9 Å². The van der Waals surface area contributed by atoms with Gasteiger partial charge in [0, 0.05) is 88.5 Å². The van der Waals surface area contributed by atoms with Gasteiger partial charge in [-0.25, -0.2) is 49.7 Å². The molecule has 25 nitrogen and oxygen atoms in total. The van der Waals surface area contributed by atoms with E-state index in [2.05, 4.69) is 97.5 Å². The number of carbonyl (C=O) groups excluding carboxylic acids is 3. The topological polar surface area (TPSA) is 317 Å². The largest absolute Gasteiger partial charge is 0.490 e. The number of nitrogens with one attached hydrogen (secondary N) is 9. The summed E-state index contributed by atoms with van der Waals surface area (Å²) in [4.78, 5) is 58.4. The van der Waals surface area contributed by atoms with Crippen molar-refractivity contribution in [2.45, 2.75) is 31.5 Å². The Balaban J connectivity index is 0.000000177. The average molecular weight is 1410 g/mol. The van der Waals surface area contributed by atoms with Crippen LogP contribution in [0.4, 0.5) is 113 Å². The summed E-state index contributed by atoms with van der Waals surface area (Å²) in [6.45, 7) is 12.3. The normalized spacial score (nSPS) is 13.6. The first kappa shape index (κ1) is 73.1. The Morgan fingerprint density at radius 1 is 0.465 bits per heavy atom. The Kier molecular flexibility index (Phi) is 25.6. The molecular weight excluding hydrogens is 1340 g/mol. The monoisotopic (exact) mass is 1410 g/mol. The molecule has 3 aromatic heterocycles. The smallest absolute Gasteiger partial charge is 0.247 e. The first-order chi connectivity index (χ1) is 48.6. The predicted molar refractivity (Wildman–Crippen MR) is 370 cm³/mol. The molecule has 0 aliphatic carbocycles. The van der Waals surface area contributed by atoms with Crippen LogP contribution in [0.3, 0.4) is 0 Å². The third-order valence-electron chi connectivity index (χ3n) is 13.8. The second-order valence-corrected chi connectivity index (χ2v) is 24.0. The zero-order valence-electron chi connectivity index (χ0n) is 53.7. The van der Waals surface area contributed by atoms with E-state index in [-0.39, 0.29) is 107 Å². The van der Waals surface area contributed by atoms with Crippen LogP contribution in [0.5, 0.6) is 17.2 Å². The number of hydrogen-bond donors (Lipinski definition) is 9. The summed E-state index contributed by atoms with van der Waals surface area (Å²) in [6, 6.07) is 32.6. The lowest BCUT2D eigenvalue weighted by atomic mass is 10.2. The van der Waals surface area contributed by atoms with Gasteiger partial charge in [-0.05, 0) is 116 Å². The van der Waals surface area contributed by atoms with Crippen LogP contribution >= 0.6 is 0 Å². The molecule has 9 N–H and O–H groups in total. The minimum atomic E-state index is -3.11. The average Bonchev–Trinajstić information content (AvgIpc) is 0.964. The number of nitrogens with zero attached hydrogens (tertiary/aromatic N) is 6. The Bertz CT molecular complexity index is 4390. The predicted octanol–water partition coefficient (Wildman–Crippen LogP) is 13.2. The van der Waals surface area contributed by atoms with E-state index in [1.807, 2.05) is 0 Å². The lowest BCUT2D eigenvalue weighted by Crippen LogP contribution is -2.16. The summed E-state index contributed by atoms with van der Waals surface area (Å²) >= 11 is 0. The van der Waals surface area contributed by atoms with Crippen LogP contribution in [0.15, 0.2) is 184 Å². The lowest BCUT2D eigenvalue weighted by molar-refractivity contribution is -0.112. The van der Waals surface area contributed by atoms with Gasteiger partial charge in [-0.1, -0.05) is 37.9 Å². The fourth-order valence-corrected chi connectivity index (χ4v) is 9.71. The number of amides is 3. The molecule has 3 amide bonds. The Labute approximate surface area is 574 Å². The van der Waals surface area contributed by atoms with Crippen LogP contribution in [-0.4, -0.2) is 113 Å². The molecule has 101 heavy (non-hydrogen) atoms. The van der Waals surface area contributed by atoms with Crippen LogP contribution < -0.4 is 62.1 Å². The van der Waals surface area contributed by atoms with Crippen molar-refractivity contribution in [2.24, 2.45) is 0 Å². The summed E-state index contributed by atoms with van der Waals surface area (Å²) in [5.74, 6) is -5.03. The number of anilines is 15. The highest BCUT2D eigenvalue weighted by atomic mass is 32.2. The molecule has 0 radical (unpaired) electrons. The number of carbonyl (C=O) groups is 3. The van der Waals surface area contributed by atoms with Gasteiger partial charge in [-0.2, -0.15) is 15.0 Å². The van der Waals surface area contributed by atoms with Crippen molar-refractivity contribution >= 4 is 114 Å². The third-order valence-corrected chi connectivity index (χ3v) is 14.8. The first-order valence-electron chi connectivity index (χ1n) is 30.6. The second kappa shape index (κ2) is 35.4. The summed E-state index contributed by atoms with van der Waals surface area (Å²) in [5.41, 5.74) is 3.94. The number of benzene rings is 6. The maximum Gasteiger partial charge on any atom is 0.247 e. The quantitative estimate of drug-likeness (QED) is 0.0131. The van der Waals surface area contributed by atoms with Gasteiger partial charge in [0.2, 0.25) is 35.6 Å². The minimum absolute atomic E-state index is 0.00577. The van der Waals surface area contributed by atoms with Gasteiger partial charge in [-0.15, -0.1) is 0 Å². The lowest BCUT2D eigenvalue weighted by Gasteiger charge is -2.14. The van der Waals surface area contributed by atoms with Gasteiger partial charge in [0.25, 0.3) is 0 Å². The van der Waals surface area contributed by atoms with Gasteiger partial charge in [0.05, 0.1) is 57.4 Å². The molecule has 6 aromatic carbocycles. The van der Waals surface area contributed by atoms with E-state index in [4.69, 9.17) is 23.7 Å². The van der Waals surface area contributed by atoms with E-state index in [0.29, 0.717) is 84.8 Å². The van der Waals surface area contributed by atoms with E-state index in [0.717, 1.165) is 49.1 Å². The van der Waals surface area contributed by atoms with Gasteiger partial charge in [0.15, 0.2) is 69.6 Å². The molecule has 0 saturated carbocycles. The van der Waals surface area contributed by atoms with E-state index in [1.165, 1.54) is 36.4 Å². The van der Waals surface area contributed by atoms with Crippen LogP contribution in [-0.2, 0) is 33.7 Å². The summed E-state index contributed by atoms with van der Waals surface area (Å²) in [6.07, 6.45) is 8.80. The number of sulfone groups is 1. The van der Waals surface area contributed by atoms with Gasteiger partial charge >= 0.3 is 0 Å². The molecule has 2 fully saturated rings. The number of aromatic nitrogens is 6. The molecule has 2 aliphatic rings. The van der Waals surface area contributed by atoms with Gasteiger partial charge in [-0.3, -0.25) is 14.4 Å². The summed E-state index contributed by atoms with van der Waals surface area (Å²) in [5, 5.41) is 24.8. The maximum atomic E-state index is 14.4. The molecule has 0 bridgehead atoms. The van der Waals surface area contributed by atoms with E-state index in [1.54, 1.807) is 84.9 Å². The number of hydrogen-bond acceptors (Lipinski definition) is 22. The Hall–Kier alpha value is -12.2. The van der Waals surface area contributed by atoms with Crippen molar-refractivity contribution < 1.29 is 72.8 Å². The van der Waals surface area contributed by atoms with Crippen molar-refractivity contribution in [2.75, 3.05) is 92.9 Å². The molecule has 0 spiro atoms. The minimum Gasteiger partial charge on any atom is -0.490 e. The molecule has 2 aliphatic heterocycles. The summed E-state index contributed by atoms with van der Waals surface area (Å²) < 4.78 is 135. The molecule has 9 aromatic rings. The van der Waals surface area contributed by atoms with Crippen LogP contribution in [0.25, 0.3) is 0 Å². The number of ether oxygens (including phenoxy) is 5. The number of halogens is 6. The SMILES string of the molecule is C=CC(=O)Nc1cccc(Nc2nc(Nc3ccc(OCCCS(C)(=O)=O)c(F)c3)ncc2F)c1.C=CC(=O)Nc1cccc(Nc2nc(Nc3ccc(O[C@@H]4CCOC4)c(F)c3)ncc2F)c1.C=CC(=O)Nc1cccc(Nc2nc(Nc3ccc(O[C@H]4CCOC4)c(F)c3)ncc2F)c1. The maximum absolute atomic E-state index is 14.4. The van der Waals surface area contributed by atoms with E-state index in [9.17, 15) is 49.1 Å². The van der Waals surface area contributed by atoms with Crippen molar-refractivity contribution in [3.05, 3.63) is 219 Å². The zero-order valence-corrected chi connectivity index (χ0v) is 54.5. The standard InChI is InChI=1S/C23H23F2N5O4S.2C23H21F2N5O3/c1-3-21(31)27-15-6-4-7-16(12-15)28-22-19(25)14-26-23(30-22)29-17-8-9-20(18(24)13-17)34-10-5-11-35(2,32)33;2*1-2-21(31)27-14-4-3-5-15(10-14)28-22-19(25)12-26-23(30-22)29-16-6-7-20(18(24)11-16)33-17-8-9-32-13-17/h3-4,6-9,12-14H,1,5,10-11H2,2H3,(H,27,31)(H2,26,28,29,30);2*2-7,10-12,17H,1,8-9,13H2,(H,27,31)(H2,26,28,29,30)/t;2*17-/m.10/s1. The third kappa shape index (κ3) is 23.0. The molecule has 0 unspecified atom stereocenters. The molecule has 11 rings (SSSR count). The van der Waals surface area contributed by atoms with Crippen LogP contribution in [0, 0.1) is 34.9 Å². The van der Waals surface area contributed by atoms with Crippen LogP contribution in [0.1, 0.15) is 19.3 Å². The second-order valence-electron chi connectivity index (χ2n) is 21.7. The zero-order chi connectivity index (χ0) is 71.8. The van der Waals surface area contributed by atoms with E-state index < -0.39 is 44.7 Å². The fraction of sp³-hybridized carbons (Fsp3) is 0.174. The molecule has 32 heteroatoms. The highest BCUT2D eigenvalue weighted by Crippen LogP contribution is 2.31. The molecule has 5 heterocycles. The fourth-order valence-electron chi connectivity index (χ4n) is 9.06. The highest BCUT2D eigenvalue weighted by molar-refractivity contribution is 7.90. The van der Waals surface area contributed by atoms with Crippen LogP contribution in [0.2, 0.25) is 0 Å². The van der Waals surface area contributed by atoms with E-state index >= 15 is 0 Å². The highest BCUT2D eigenvalue weighted by Gasteiger charge is 2.22. The van der Waals surface area contributed by atoms with Crippen molar-refractivity contribution in [3.8, 4) is 17.2 Å². The Morgan fingerprint density at radius 3 is 1.10 bits per heavy atom. The van der Waals surface area contributed by atoms with Crippen molar-refractivity contribution in [1.29, 1.82) is 0 Å². The molecule has 524 valence electrons. The molecule has 2 saturated heterocycles. The number of rotatable bonds is 27. The molecule has 2 atom stereocenters. The molecular formula is C69H65F6N15O10S. The summed E-state index contributed by atoms with van der Waals surface area (Å²) in [7, 11) is -3.11. The first-order valence-corrected chi connectivity index (χ1v) is 32.7. The van der Waals surface area contributed by atoms with Gasteiger partial charge in [0.1, 0.15) is 22.0 Å².